The summed E-state index contributed by atoms with van der Waals surface area (Å²) in [5.74, 6) is -2.76. The largest absolute Gasteiger partial charge is 0.489 e. The fourth-order valence-corrected chi connectivity index (χ4v) is 5.13. The second-order valence-corrected chi connectivity index (χ2v) is 11.0. The van der Waals surface area contributed by atoms with E-state index in [0.29, 0.717) is 17.0 Å². The van der Waals surface area contributed by atoms with Crippen LogP contribution in [0.5, 0.6) is 5.75 Å². The Labute approximate surface area is 246 Å². The Morgan fingerprint density at radius 1 is 1.07 bits per heavy atom. The molecule has 9 nitrogen and oxygen atoms in total. The number of alkyl halides is 4. The van der Waals surface area contributed by atoms with Gasteiger partial charge in [-0.05, 0) is 67.4 Å². The normalized spacial score (nSPS) is 19.2. The quantitative estimate of drug-likeness (QED) is 0.256. The molecule has 2 aromatic carbocycles. The Bertz CT molecular complexity index is 1800. The Kier molecular flexibility index (Phi) is 6.99. The van der Waals surface area contributed by atoms with E-state index in [2.05, 4.69) is 20.5 Å². The van der Waals surface area contributed by atoms with E-state index >= 15 is 0 Å². The molecule has 2 amide bonds. The van der Waals surface area contributed by atoms with Crippen LogP contribution in [-0.2, 0) is 15.8 Å². The number of hydrogen-bond donors (Lipinski definition) is 3. The van der Waals surface area contributed by atoms with Gasteiger partial charge < -0.3 is 20.9 Å². The molecule has 2 aliphatic rings. The van der Waals surface area contributed by atoms with Crippen LogP contribution in [0.4, 0.5) is 22.0 Å². The molecule has 6 rings (SSSR count). The summed E-state index contributed by atoms with van der Waals surface area (Å²) in [4.78, 5) is 29.4. The summed E-state index contributed by atoms with van der Waals surface area (Å²) < 4.78 is 77.5. The van der Waals surface area contributed by atoms with Crippen LogP contribution < -0.4 is 15.8 Å². The van der Waals surface area contributed by atoms with Gasteiger partial charge in [-0.25, -0.2) is 13.8 Å². The number of nitrogens with one attached hydrogen (secondary N) is 1. The maximum atomic E-state index is 14.6. The minimum absolute atomic E-state index is 0.00394. The van der Waals surface area contributed by atoms with Gasteiger partial charge in [0.1, 0.15) is 36.0 Å². The maximum absolute atomic E-state index is 14.6. The predicted molar refractivity (Wildman–Crippen MR) is 146 cm³/mol. The SMILES string of the molecule is NC(=O)[C@@]1(CF)COc2c1cc(C(O)(CNC(=O)c1ccc3nnc(C4CC4)cc3c1)C(F)(F)F)nc2-c1ccc(F)cc1. The van der Waals surface area contributed by atoms with E-state index in [1.165, 1.54) is 30.3 Å². The third kappa shape index (κ3) is 4.88. The minimum atomic E-state index is -5.43. The molecule has 4 N–H and O–H groups in total. The lowest BCUT2D eigenvalue weighted by Crippen LogP contribution is -2.52. The van der Waals surface area contributed by atoms with Crippen molar-refractivity contribution in [3.8, 4) is 17.0 Å². The van der Waals surface area contributed by atoms with Crippen LogP contribution in [0.2, 0.25) is 0 Å². The van der Waals surface area contributed by atoms with Crippen LogP contribution in [0.3, 0.4) is 0 Å². The number of primary amides is 1. The molecule has 3 heterocycles. The first-order valence-electron chi connectivity index (χ1n) is 13.5. The van der Waals surface area contributed by atoms with Crippen molar-refractivity contribution in [1.29, 1.82) is 0 Å². The zero-order valence-corrected chi connectivity index (χ0v) is 22.8. The highest BCUT2D eigenvalue weighted by atomic mass is 19.4. The first-order valence-corrected chi connectivity index (χ1v) is 13.5. The van der Waals surface area contributed by atoms with Crippen molar-refractivity contribution in [3.05, 3.63) is 82.9 Å². The van der Waals surface area contributed by atoms with E-state index < -0.39 is 60.3 Å². The summed E-state index contributed by atoms with van der Waals surface area (Å²) >= 11 is 0. The van der Waals surface area contributed by atoms with E-state index in [1.54, 1.807) is 6.07 Å². The molecule has 4 aromatic rings. The van der Waals surface area contributed by atoms with Gasteiger partial charge in [-0.2, -0.15) is 23.4 Å². The van der Waals surface area contributed by atoms with Crippen molar-refractivity contribution in [1.82, 2.24) is 20.5 Å². The van der Waals surface area contributed by atoms with Gasteiger partial charge in [0.25, 0.3) is 5.91 Å². The number of nitrogens with two attached hydrogens (primary N) is 1. The second kappa shape index (κ2) is 10.5. The summed E-state index contributed by atoms with van der Waals surface area (Å²) in [5.41, 5.74) is -0.973. The van der Waals surface area contributed by atoms with Crippen LogP contribution in [0.25, 0.3) is 22.2 Å². The standard InChI is InChI=1S/C30H24F5N5O4/c31-12-28(27(36)42)14-44-25-20(28)11-23(38-24(25)16-3-6-19(32)7-4-16)29(43,30(33,34)35)13-37-26(41)17-5-8-21-18(9-17)10-22(40-39-21)15-1-2-15/h3-11,15,43H,1-2,12-14H2,(H2,36,42)(H,37,41)/t28-,29?/m0/s1. The van der Waals surface area contributed by atoms with Crippen molar-refractivity contribution in [2.75, 3.05) is 19.8 Å². The van der Waals surface area contributed by atoms with Gasteiger partial charge in [-0.15, -0.1) is 0 Å². The zero-order chi connectivity index (χ0) is 31.4. The molecule has 0 radical (unpaired) electrons. The number of hydrogen-bond acceptors (Lipinski definition) is 7. The molecule has 0 bridgehead atoms. The highest BCUT2D eigenvalue weighted by molar-refractivity contribution is 5.98. The lowest BCUT2D eigenvalue weighted by atomic mass is 9.81. The van der Waals surface area contributed by atoms with Crippen molar-refractivity contribution < 1.29 is 41.4 Å². The number of carbonyl (C=O) groups excluding carboxylic acids is 2. The topological polar surface area (TPSA) is 140 Å². The first-order chi connectivity index (χ1) is 20.9. The Hall–Kier alpha value is -4.72. The number of aromatic nitrogens is 3. The molecular formula is C30H24F5N5O4. The van der Waals surface area contributed by atoms with E-state index in [9.17, 15) is 36.6 Å². The van der Waals surface area contributed by atoms with Crippen molar-refractivity contribution >= 4 is 22.7 Å². The van der Waals surface area contributed by atoms with Crippen molar-refractivity contribution in [3.63, 3.8) is 0 Å². The lowest BCUT2D eigenvalue weighted by molar-refractivity contribution is -0.265. The molecule has 0 spiro atoms. The molecule has 1 aliphatic carbocycles. The molecule has 44 heavy (non-hydrogen) atoms. The summed E-state index contributed by atoms with van der Waals surface area (Å²) in [6.45, 7) is -3.45. The molecule has 2 atom stereocenters. The van der Waals surface area contributed by atoms with Gasteiger partial charge in [0.05, 0.1) is 23.4 Å². The average Bonchev–Trinajstić information content (AvgIpc) is 3.78. The molecule has 1 unspecified atom stereocenters. The predicted octanol–water partition coefficient (Wildman–Crippen LogP) is 3.97. The number of rotatable bonds is 8. The van der Waals surface area contributed by atoms with Gasteiger partial charge in [0, 0.05) is 28.0 Å². The highest BCUT2D eigenvalue weighted by Crippen LogP contribution is 2.48. The number of fused-ring (bicyclic) bond motifs is 2. The molecule has 2 aromatic heterocycles. The van der Waals surface area contributed by atoms with Gasteiger partial charge >= 0.3 is 6.18 Å². The van der Waals surface area contributed by atoms with Crippen molar-refractivity contribution in [2.24, 2.45) is 5.73 Å². The molecule has 0 saturated heterocycles. The second-order valence-electron chi connectivity index (χ2n) is 11.0. The molecule has 1 saturated carbocycles. The third-order valence-corrected chi connectivity index (χ3v) is 8.03. The average molecular weight is 614 g/mol. The first kappa shape index (κ1) is 29.4. The monoisotopic (exact) mass is 613 g/mol. The Morgan fingerprint density at radius 2 is 1.80 bits per heavy atom. The number of benzene rings is 2. The van der Waals surface area contributed by atoms with E-state index in [0.717, 1.165) is 30.7 Å². The van der Waals surface area contributed by atoms with Crippen LogP contribution in [-0.4, -0.2) is 58.1 Å². The molecule has 1 fully saturated rings. The van der Waals surface area contributed by atoms with Crippen LogP contribution in [0.15, 0.2) is 54.6 Å². The highest BCUT2D eigenvalue weighted by Gasteiger charge is 2.58. The van der Waals surface area contributed by atoms with E-state index in [1.807, 2.05) is 0 Å². The number of ether oxygens (including phenoxy) is 1. The van der Waals surface area contributed by atoms with Crippen molar-refractivity contribution in [2.45, 2.75) is 36.0 Å². The third-order valence-electron chi connectivity index (χ3n) is 8.03. The number of nitrogens with zero attached hydrogens (tertiary/aromatic N) is 3. The fraction of sp³-hybridized carbons (Fsp3) is 0.300. The van der Waals surface area contributed by atoms with Gasteiger partial charge in [0.15, 0.2) is 0 Å². The summed E-state index contributed by atoms with van der Waals surface area (Å²) in [6, 6.07) is 11.2. The van der Waals surface area contributed by atoms with Crippen LogP contribution >= 0.6 is 0 Å². The summed E-state index contributed by atoms with van der Waals surface area (Å²) in [7, 11) is 0. The van der Waals surface area contributed by atoms with Gasteiger partial charge in [0.2, 0.25) is 11.5 Å². The van der Waals surface area contributed by atoms with Gasteiger partial charge in [-0.1, -0.05) is 0 Å². The van der Waals surface area contributed by atoms with E-state index in [-0.39, 0.29) is 34.1 Å². The van der Waals surface area contributed by atoms with Crippen LogP contribution in [0, 0.1) is 5.82 Å². The molecule has 228 valence electrons. The lowest BCUT2D eigenvalue weighted by Gasteiger charge is -2.31. The Morgan fingerprint density at radius 3 is 2.43 bits per heavy atom. The minimum Gasteiger partial charge on any atom is -0.489 e. The fourth-order valence-electron chi connectivity index (χ4n) is 5.13. The number of pyridine rings is 1. The Balaban J connectivity index is 1.40. The molecular weight excluding hydrogens is 589 g/mol. The zero-order valence-electron chi connectivity index (χ0n) is 22.8. The van der Waals surface area contributed by atoms with Crippen LogP contribution in [0.1, 0.15) is 46.1 Å². The molecule has 1 aliphatic heterocycles. The summed E-state index contributed by atoms with van der Waals surface area (Å²) in [5, 5.41) is 22.2. The van der Waals surface area contributed by atoms with E-state index in [4.69, 9.17) is 10.5 Å². The smallest absolute Gasteiger partial charge is 0.424 e. The number of halogens is 5. The summed E-state index contributed by atoms with van der Waals surface area (Å²) in [6.07, 6.45) is -3.49. The molecule has 14 heteroatoms. The van der Waals surface area contributed by atoms with Gasteiger partial charge in [-0.3, -0.25) is 9.59 Å². The number of aliphatic hydroxyl groups is 1. The number of amides is 2. The number of carbonyl (C=O) groups is 2. The maximum Gasteiger partial charge on any atom is 0.424 e.